The molecule has 5 heteroatoms. The highest BCUT2D eigenvalue weighted by atomic mass is 32.1. The van der Waals surface area contributed by atoms with E-state index in [0.717, 1.165) is 26.8 Å². The molecular weight excluding hydrogens is 312 g/mol. The van der Waals surface area contributed by atoms with E-state index < -0.39 is 0 Å². The molecule has 2 aromatic heterocycles. The van der Waals surface area contributed by atoms with E-state index in [9.17, 15) is 4.79 Å². The van der Waals surface area contributed by atoms with Crippen LogP contribution < -0.4 is 5.32 Å². The topological polar surface area (TPSA) is 42.0 Å². The fourth-order valence-electron chi connectivity index (χ4n) is 1.95. The molecule has 110 valence electrons. The van der Waals surface area contributed by atoms with Gasteiger partial charge in [-0.3, -0.25) is 4.79 Å². The van der Waals surface area contributed by atoms with Crippen molar-refractivity contribution < 1.29 is 4.79 Å². The maximum Gasteiger partial charge on any atom is 0.248 e. The number of rotatable bonds is 4. The Hall–Kier alpha value is -2.24. The molecule has 0 saturated carbocycles. The highest BCUT2D eigenvalue weighted by molar-refractivity contribution is 7.10. The summed E-state index contributed by atoms with van der Waals surface area (Å²) in [6, 6.07) is 11.6. The van der Waals surface area contributed by atoms with Gasteiger partial charge in [-0.25, -0.2) is 4.98 Å². The highest BCUT2D eigenvalue weighted by Gasteiger charge is 2.03. The molecule has 22 heavy (non-hydrogen) atoms. The Balaban J connectivity index is 1.64. The van der Waals surface area contributed by atoms with Crippen LogP contribution >= 0.6 is 22.7 Å². The van der Waals surface area contributed by atoms with Crippen LogP contribution in [0.4, 0.5) is 5.69 Å². The summed E-state index contributed by atoms with van der Waals surface area (Å²) in [7, 11) is 0. The Kier molecular flexibility index (Phi) is 4.46. The normalized spacial score (nSPS) is 11.0. The monoisotopic (exact) mass is 326 g/mol. The number of benzene rings is 1. The van der Waals surface area contributed by atoms with Gasteiger partial charge in [0.1, 0.15) is 0 Å². The predicted octanol–water partition coefficient (Wildman–Crippen LogP) is 4.83. The van der Waals surface area contributed by atoms with Gasteiger partial charge in [-0.2, -0.15) is 0 Å². The molecule has 0 spiro atoms. The lowest BCUT2D eigenvalue weighted by atomic mass is 10.1. The lowest BCUT2D eigenvalue weighted by molar-refractivity contribution is -0.111. The fraction of sp³-hybridized carbons (Fsp3) is 0.0588. The average molecular weight is 326 g/mol. The van der Waals surface area contributed by atoms with Crippen LogP contribution in [0.1, 0.15) is 9.88 Å². The smallest absolute Gasteiger partial charge is 0.248 e. The first kappa shape index (κ1) is 14.7. The van der Waals surface area contributed by atoms with Gasteiger partial charge in [0.15, 0.2) is 0 Å². The Morgan fingerprint density at radius 3 is 2.64 bits per heavy atom. The second kappa shape index (κ2) is 6.68. The number of amides is 1. The molecule has 0 atom stereocenters. The van der Waals surface area contributed by atoms with Crippen molar-refractivity contribution in [3.8, 4) is 11.3 Å². The zero-order valence-corrected chi connectivity index (χ0v) is 13.6. The van der Waals surface area contributed by atoms with E-state index in [2.05, 4.69) is 10.3 Å². The third-order valence-corrected chi connectivity index (χ3v) is 4.62. The molecule has 0 unspecified atom stereocenters. The number of thiophene rings is 1. The van der Waals surface area contributed by atoms with E-state index in [0.29, 0.717) is 0 Å². The number of carbonyl (C=O) groups is 1. The molecule has 2 heterocycles. The maximum absolute atomic E-state index is 11.9. The number of nitrogens with one attached hydrogen (secondary N) is 1. The molecule has 3 aromatic rings. The van der Waals surface area contributed by atoms with Gasteiger partial charge >= 0.3 is 0 Å². The van der Waals surface area contributed by atoms with Gasteiger partial charge in [0, 0.05) is 27.6 Å². The Morgan fingerprint density at radius 1 is 1.18 bits per heavy atom. The van der Waals surface area contributed by atoms with Crippen LogP contribution in [0.15, 0.2) is 53.2 Å². The fourth-order valence-corrected chi connectivity index (χ4v) is 3.19. The average Bonchev–Trinajstić information content (AvgIpc) is 3.17. The number of carbonyl (C=O) groups excluding carboxylic acids is 1. The van der Waals surface area contributed by atoms with E-state index >= 15 is 0 Å². The molecule has 0 saturated heterocycles. The SMILES string of the molecule is Cc1nc(-c2ccc(NC(=O)/C=C/c3cccs3)cc2)cs1. The van der Waals surface area contributed by atoms with Gasteiger partial charge in [-0.05, 0) is 36.6 Å². The van der Waals surface area contributed by atoms with Gasteiger partial charge in [0.2, 0.25) is 5.91 Å². The number of hydrogen-bond donors (Lipinski definition) is 1. The quantitative estimate of drug-likeness (QED) is 0.698. The summed E-state index contributed by atoms with van der Waals surface area (Å²) in [5.41, 5.74) is 2.80. The molecular formula is C17H14N2OS2. The summed E-state index contributed by atoms with van der Waals surface area (Å²) in [5, 5.41) is 7.91. The van der Waals surface area contributed by atoms with Crippen molar-refractivity contribution >= 4 is 40.3 Å². The minimum absolute atomic E-state index is 0.134. The van der Waals surface area contributed by atoms with Crippen LogP contribution in [0, 0.1) is 6.92 Å². The van der Waals surface area contributed by atoms with E-state index in [1.807, 2.05) is 60.2 Å². The first-order valence-corrected chi connectivity index (χ1v) is 8.52. The van der Waals surface area contributed by atoms with Crippen molar-refractivity contribution in [1.29, 1.82) is 0 Å². The molecule has 1 N–H and O–H groups in total. The third kappa shape index (κ3) is 3.69. The zero-order valence-electron chi connectivity index (χ0n) is 11.9. The van der Waals surface area contributed by atoms with Crippen molar-refractivity contribution in [2.45, 2.75) is 6.92 Å². The van der Waals surface area contributed by atoms with Crippen LogP contribution in [0.3, 0.4) is 0 Å². The summed E-state index contributed by atoms with van der Waals surface area (Å²) in [4.78, 5) is 17.4. The largest absolute Gasteiger partial charge is 0.323 e. The van der Waals surface area contributed by atoms with Gasteiger partial charge in [0.05, 0.1) is 10.7 Å². The number of thiazole rings is 1. The summed E-state index contributed by atoms with van der Waals surface area (Å²) < 4.78 is 0. The van der Waals surface area contributed by atoms with Crippen molar-refractivity contribution in [3.63, 3.8) is 0 Å². The van der Waals surface area contributed by atoms with Crippen LogP contribution in [0.2, 0.25) is 0 Å². The standard InChI is InChI=1S/C17H14N2OS2/c1-12-18-16(11-22-12)13-4-6-14(7-5-13)19-17(20)9-8-15-3-2-10-21-15/h2-11H,1H3,(H,19,20)/b9-8+. The first-order chi connectivity index (χ1) is 10.7. The lowest BCUT2D eigenvalue weighted by Crippen LogP contribution is -2.07. The molecule has 0 aliphatic carbocycles. The van der Waals surface area contributed by atoms with E-state index in [-0.39, 0.29) is 5.91 Å². The highest BCUT2D eigenvalue weighted by Crippen LogP contribution is 2.23. The Bertz CT molecular complexity index is 786. The summed E-state index contributed by atoms with van der Waals surface area (Å²) in [5.74, 6) is -0.134. The van der Waals surface area contributed by atoms with Gasteiger partial charge in [-0.1, -0.05) is 18.2 Å². The lowest BCUT2D eigenvalue weighted by Gasteiger charge is -2.03. The number of aryl methyl sites for hydroxylation is 1. The molecule has 0 radical (unpaired) electrons. The Morgan fingerprint density at radius 2 is 2.00 bits per heavy atom. The van der Waals surface area contributed by atoms with Crippen molar-refractivity contribution in [2.24, 2.45) is 0 Å². The van der Waals surface area contributed by atoms with Crippen LogP contribution in [-0.4, -0.2) is 10.9 Å². The zero-order chi connectivity index (χ0) is 15.4. The van der Waals surface area contributed by atoms with Gasteiger partial charge in [0.25, 0.3) is 0 Å². The second-order valence-corrected chi connectivity index (χ2v) is 6.71. The second-order valence-electron chi connectivity index (χ2n) is 4.67. The van der Waals surface area contributed by atoms with Crippen LogP contribution in [0.25, 0.3) is 17.3 Å². The molecule has 1 amide bonds. The third-order valence-electron chi connectivity index (χ3n) is 3.01. The summed E-state index contributed by atoms with van der Waals surface area (Å²) >= 11 is 3.23. The number of nitrogens with zero attached hydrogens (tertiary/aromatic N) is 1. The number of aromatic nitrogens is 1. The summed E-state index contributed by atoms with van der Waals surface area (Å²) in [6.07, 6.45) is 3.36. The van der Waals surface area contributed by atoms with Crippen LogP contribution in [0.5, 0.6) is 0 Å². The molecule has 0 bridgehead atoms. The minimum Gasteiger partial charge on any atom is -0.323 e. The summed E-state index contributed by atoms with van der Waals surface area (Å²) in [6.45, 7) is 1.99. The molecule has 1 aromatic carbocycles. The van der Waals surface area contributed by atoms with E-state index in [1.54, 1.807) is 28.7 Å². The molecule has 3 rings (SSSR count). The van der Waals surface area contributed by atoms with Crippen molar-refractivity contribution in [3.05, 3.63) is 63.1 Å². The molecule has 0 fully saturated rings. The van der Waals surface area contributed by atoms with Crippen molar-refractivity contribution in [1.82, 2.24) is 4.98 Å². The van der Waals surface area contributed by atoms with E-state index in [4.69, 9.17) is 0 Å². The van der Waals surface area contributed by atoms with Gasteiger partial charge in [-0.15, -0.1) is 22.7 Å². The Labute approximate surface area is 137 Å². The number of hydrogen-bond acceptors (Lipinski definition) is 4. The van der Waals surface area contributed by atoms with E-state index in [1.165, 1.54) is 0 Å². The molecule has 0 aliphatic rings. The van der Waals surface area contributed by atoms with Crippen molar-refractivity contribution in [2.75, 3.05) is 5.32 Å². The first-order valence-electron chi connectivity index (χ1n) is 6.76. The minimum atomic E-state index is -0.134. The molecule has 3 nitrogen and oxygen atoms in total. The molecule has 0 aliphatic heterocycles. The van der Waals surface area contributed by atoms with Gasteiger partial charge < -0.3 is 5.32 Å². The van der Waals surface area contributed by atoms with Crippen LogP contribution in [-0.2, 0) is 4.79 Å². The maximum atomic E-state index is 11.9. The number of anilines is 1. The predicted molar refractivity (Wildman–Crippen MR) is 94.3 cm³/mol.